The molecule has 1 heterocycles. The summed E-state index contributed by atoms with van der Waals surface area (Å²) >= 11 is 0. The Kier molecular flexibility index (Phi) is 2.91. The van der Waals surface area contributed by atoms with Gasteiger partial charge in [-0.2, -0.15) is 0 Å². The summed E-state index contributed by atoms with van der Waals surface area (Å²) in [4.78, 5) is 0. The molecule has 1 nitrogen and oxygen atoms in total. The van der Waals surface area contributed by atoms with Crippen molar-refractivity contribution in [3.63, 3.8) is 0 Å². The first-order valence-electron chi connectivity index (χ1n) is 6.81. The topological polar surface area (TPSA) is 12.0 Å². The summed E-state index contributed by atoms with van der Waals surface area (Å²) in [5.74, 6) is -0.00523. The number of aryl methyl sites for hydroxylation is 1. The van der Waals surface area contributed by atoms with Crippen LogP contribution in [0.5, 0.6) is 0 Å². The van der Waals surface area contributed by atoms with Crippen LogP contribution in [0.4, 0.5) is 4.39 Å². The van der Waals surface area contributed by atoms with Crippen molar-refractivity contribution in [1.82, 2.24) is 5.32 Å². The molecular formula is C15H20FN. The Labute approximate surface area is 102 Å². The van der Waals surface area contributed by atoms with Crippen LogP contribution in [0.25, 0.3) is 0 Å². The van der Waals surface area contributed by atoms with Crippen molar-refractivity contribution < 1.29 is 4.39 Å². The molecule has 0 bridgehead atoms. The second kappa shape index (κ2) is 4.41. The largest absolute Gasteiger partial charge is 0.310 e. The van der Waals surface area contributed by atoms with E-state index < -0.39 is 0 Å². The fraction of sp³-hybridized carbons (Fsp3) is 0.600. The molecule has 0 radical (unpaired) electrons. The van der Waals surface area contributed by atoms with Crippen molar-refractivity contribution in [1.29, 1.82) is 0 Å². The first-order chi connectivity index (χ1) is 8.27. The fourth-order valence-corrected chi connectivity index (χ4v) is 3.41. The molecule has 1 aliphatic carbocycles. The SMILES string of the molecule is Cc1c(F)cc2c(c1[C@H]1CCCN1)CCCC2. The van der Waals surface area contributed by atoms with E-state index in [4.69, 9.17) is 0 Å². The summed E-state index contributed by atoms with van der Waals surface area (Å²) < 4.78 is 14.0. The molecule has 1 fully saturated rings. The molecule has 0 unspecified atom stereocenters. The third-order valence-corrected chi connectivity index (χ3v) is 4.31. The van der Waals surface area contributed by atoms with E-state index in [0.717, 1.165) is 31.4 Å². The lowest BCUT2D eigenvalue weighted by Crippen LogP contribution is -2.19. The van der Waals surface area contributed by atoms with Crippen LogP contribution in [0.15, 0.2) is 6.07 Å². The van der Waals surface area contributed by atoms with E-state index in [-0.39, 0.29) is 5.82 Å². The summed E-state index contributed by atoms with van der Waals surface area (Å²) in [5.41, 5.74) is 4.89. The molecule has 2 heteroatoms. The Morgan fingerprint density at radius 1 is 1.24 bits per heavy atom. The Balaban J connectivity index is 2.12. The molecule has 0 amide bonds. The summed E-state index contributed by atoms with van der Waals surface area (Å²) in [7, 11) is 0. The van der Waals surface area contributed by atoms with Crippen molar-refractivity contribution >= 4 is 0 Å². The number of nitrogens with one attached hydrogen (secondary N) is 1. The van der Waals surface area contributed by atoms with Crippen molar-refractivity contribution in [2.45, 2.75) is 51.5 Å². The molecule has 92 valence electrons. The Morgan fingerprint density at radius 2 is 2.06 bits per heavy atom. The van der Waals surface area contributed by atoms with Crippen LogP contribution in [-0.2, 0) is 12.8 Å². The summed E-state index contributed by atoms with van der Waals surface area (Å²) in [6, 6.07) is 2.18. The van der Waals surface area contributed by atoms with E-state index >= 15 is 0 Å². The van der Waals surface area contributed by atoms with E-state index in [0.29, 0.717) is 6.04 Å². The van der Waals surface area contributed by atoms with E-state index in [1.807, 2.05) is 6.92 Å². The van der Waals surface area contributed by atoms with E-state index in [9.17, 15) is 4.39 Å². The lowest BCUT2D eigenvalue weighted by molar-refractivity contribution is 0.572. The van der Waals surface area contributed by atoms with Crippen LogP contribution in [0.1, 0.15) is 54.0 Å². The van der Waals surface area contributed by atoms with Gasteiger partial charge in [-0.05, 0) is 80.3 Å². The van der Waals surface area contributed by atoms with E-state index in [1.165, 1.54) is 36.0 Å². The number of hydrogen-bond acceptors (Lipinski definition) is 1. The van der Waals surface area contributed by atoms with Gasteiger partial charge >= 0.3 is 0 Å². The highest BCUT2D eigenvalue weighted by atomic mass is 19.1. The van der Waals surface area contributed by atoms with E-state index in [1.54, 1.807) is 6.07 Å². The minimum Gasteiger partial charge on any atom is -0.310 e. The minimum absolute atomic E-state index is 0.00523. The number of hydrogen-bond donors (Lipinski definition) is 1. The standard InChI is InChI=1S/C15H20FN/c1-10-13(16)9-11-5-2-3-6-12(11)15(10)14-7-4-8-17-14/h9,14,17H,2-8H2,1H3/t14-/m1/s1. The summed E-state index contributed by atoms with van der Waals surface area (Å²) in [6.45, 7) is 3.02. The Bertz CT molecular complexity index is 433. The number of rotatable bonds is 1. The highest BCUT2D eigenvalue weighted by molar-refractivity contribution is 5.45. The maximum atomic E-state index is 14.0. The van der Waals surface area contributed by atoms with Gasteiger partial charge in [-0.25, -0.2) is 4.39 Å². The molecule has 0 aromatic heterocycles. The highest BCUT2D eigenvalue weighted by Gasteiger charge is 2.25. The van der Waals surface area contributed by atoms with Crippen LogP contribution < -0.4 is 5.32 Å². The van der Waals surface area contributed by atoms with Gasteiger partial charge in [0.25, 0.3) is 0 Å². The molecule has 1 N–H and O–H groups in total. The average molecular weight is 233 g/mol. The van der Waals surface area contributed by atoms with Gasteiger partial charge in [0.15, 0.2) is 0 Å². The van der Waals surface area contributed by atoms with Gasteiger partial charge in [-0.3, -0.25) is 0 Å². The van der Waals surface area contributed by atoms with Gasteiger partial charge in [0.2, 0.25) is 0 Å². The van der Waals surface area contributed by atoms with Gasteiger partial charge in [-0.1, -0.05) is 0 Å². The lowest BCUT2D eigenvalue weighted by atomic mass is 9.83. The van der Waals surface area contributed by atoms with E-state index in [2.05, 4.69) is 5.32 Å². The van der Waals surface area contributed by atoms with Crippen LogP contribution in [-0.4, -0.2) is 6.54 Å². The second-order valence-electron chi connectivity index (χ2n) is 5.39. The predicted molar refractivity (Wildman–Crippen MR) is 67.8 cm³/mol. The molecule has 0 saturated carbocycles. The van der Waals surface area contributed by atoms with Gasteiger partial charge in [0.1, 0.15) is 5.82 Å². The van der Waals surface area contributed by atoms with Crippen LogP contribution in [0.3, 0.4) is 0 Å². The third-order valence-electron chi connectivity index (χ3n) is 4.31. The first kappa shape index (κ1) is 11.2. The molecule has 0 spiro atoms. The Hall–Kier alpha value is -0.890. The maximum Gasteiger partial charge on any atom is 0.126 e. The van der Waals surface area contributed by atoms with Gasteiger partial charge in [-0.15, -0.1) is 0 Å². The molecule has 3 rings (SSSR count). The summed E-state index contributed by atoms with van der Waals surface area (Å²) in [6.07, 6.45) is 7.06. The highest BCUT2D eigenvalue weighted by Crippen LogP contribution is 2.35. The monoisotopic (exact) mass is 233 g/mol. The smallest absolute Gasteiger partial charge is 0.126 e. The zero-order valence-electron chi connectivity index (χ0n) is 10.5. The molecule has 1 aromatic rings. The zero-order chi connectivity index (χ0) is 11.8. The lowest BCUT2D eigenvalue weighted by Gasteiger charge is -2.25. The fourth-order valence-electron chi connectivity index (χ4n) is 3.41. The van der Waals surface area contributed by atoms with Crippen molar-refractivity contribution in [2.75, 3.05) is 6.54 Å². The normalized spacial score (nSPS) is 23.8. The van der Waals surface area contributed by atoms with Gasteiger partial charge in [0.05, 0.1) is 0 Å². The maximum absolute atomic E-state index is 14.0. The number of benzene rings is 1. The van der Waals surface area contributed by atoms with Crippen LogP contribution >= 0.6 is 0 Å². The molecule has 1 atom stereocenters. The molecule has 2 aliphatic rings. The predicted octanol–water partition coefficient (Wildman–Crippen LogP) is 3.44. The van der Waals surface area contributed by atoms with Crippen LogP contribution in [0.2, 0.25) is 0 Å². The van der Waals surface area contributed by atoms with Gasteiger partial charge in [0, 0.05) is 6.04 Å². The van der Waals surface area contributed by atoms with Gasteiger partial charge < -0.3 is 5.32 Å². The summed E-state index contributed by atoms with van der Waals surface area (Å²) in [5, 5.41) is 3.52. The quantitative estimate of drug-likeness (QED) is 0.783. The molecular weight excluding hydrogens is 213 g/mol. The molecule has 1 saturated heterocycles. The zero-order valence-corrected chi connectivity index (χ0v) is 10.5. The molecule has 17 heavy (non-hydrogen) atoms. The average Bonchev–Trinajstić information content (AvgIpc) is 2.84. The third kappa shape index (κ3) is 1.89. The number of fused-ring (bicyclic) bond motifs is 1. The minimum atomic E-state index is -0.00523. The van der Waals surface area contributed by atoms with Crippen molar-refractivity contribution in [3.05, 3.63) is 34.1 Å². The first-order valence-corrected chi connectivity index (χ1v) is 6.81. The van der Waals surface area contributed by atoms with Crippen molar-refractivity contribution in [2.24, 2.45) is 0 Å². The van der Waals surface area contributed by atoms with Crippen molar-refractivity contribution in [3.8, 4) is 0 Å². The number of halogens is 1. The molecule has 1 aliphatic heterocycles. The molecule has 1 aromatic carbocycles. The second-order valence-corrected chi connectivity index (χ2v) is 5.39. The van der Waals surface area contributed by atoms with Crippen LogP contribution in [0, 0.1) is 12.7 Å². The Morgan fingerprint density at radius 3 is 2.82 bits per heavy atom.